The number of benzene rings is 2. The average molecular weight is 510 g/mol. The highest BCUT2D eigenvalue weighted by Gasteiger charge is 2.27. The number of nitrogens with one attached hydrogen (secondary N) is 2. The van der Waals surface area contributed by atoms with Crippen molar-refractivity contribution in [2.24, 2.45) is 0 Å². The zero-order chi connectivity index (χ0) is 26.9. The fourth-order valence-corrected chi connectivity index (χ4v) is 4.17. The lowest BCUT2D eigenvalue weighted by molar-refractivity contribution is -0.151. The van der Waals surface area contributed by atoms with Crippen molar-refractivity contribution in [1.29, 1.82) is 0 Å². The molecule has 0 saturated carbocycles. The smallest absolute Gasteiger partial charge is 0.338 e. The van der Waals surface area contributed by atoms with E-state index in [9.17, 15) is 14.4 Å². The molecule has 3 rings (SSSR count). The fourth-order valence-electron chi connectivity index (χ4n) is 4.17. The van der Waals surface area contributed by atoms with Crippen LogP contribution in [-0.4, -0.2) is 78.6 Å². The van der Waals surface area contributed by atoms with E-state index in [1.54, 1.807) is 36.0 Å². The Morgan fingerprint density at radius 2 is 1.73 bits per heavy atom. The van der Waals surface area contributed by atoms with Crippen molar-refractivity contribution >= 4 is 23.5 Å². The van der Waals surface area contributed by atoms with Crippen molar-refractivity contribution in [3.8, 4) is 0 Å². The van der Waals surface area contributed by atoms with E-state index >= 15 is 0 Å². The van der Waals surface area contributed by atoms with E-state index in [4.69, 9.17) is 4.74 Å². The number of nitrogens with zero attached hydrogens (tertiary/aromatic N) is 3. The number of carbonyl (C=O) groups excluding carboxylic acids is 3. The van der Waals surface area contributed by atoms with Gasteiger partial charge >= 0.3 is 5.97 Å². The van der Waals surface area contributed by atoms with Crippen LogP contribution in [0.2, 0.25) is 0 Å². The van der Waals surface area contributed by atoms with Gasteiger partial charge in [-0.25, -0.2) is 9.80 Å². The molecule has 2 amide bonds. The summed E-state index contributed by atoms with van der Waals surface area (Å²) in [7, 11) is 1.76. The first kappa shape index (κ1) is 28.1. The minimum atomic E-state index is -0.407. The maximum atomic E-state index is 13.2. The van der Waals surface area contributed by atoms with Gasteiger partial charge in [-0.3, -0.25) is 14.6 Å². The topological polar surface area (TPSA) is 94.2 Å². The Bertz CT molecular complexity index is 1080. The zero-order valence-electron chi connectivity index (χ0n) is 22.5. The summed E-state index contributed by atoms with van der Waals surface area (Å²) < 4.78 is 5.08. The summed E-state index contributed by atoms with van der Waals surface area (Å²) in [5, 5.41) is 10.1. The Labute approximate surface area is 219 Å². The molecule has 0 unspecified atom stereocenters. The lowest BCUT2D eigenvalue weighted by Crippen LogP contribution is -2.49. The molecule has 2 N–H and O–H groups in total. The zero-order valence-corrected chi connectivity index (χ0v) is 22.5. The van der Waals surface area contributed by atoms with Gasteiger partial charge in [0.15, 0.2) is 0 Å². The minimum Gasteiger partial charge on any atom is -0.462 e. The molecule has 0 radical (unpaired) electrons. The van der Waals surface area contributed by atoms with E-state index in [2.05, 4.69) is 22.8 Å². The first-order valence-corrected chi connectivity index (χ1v) is 12.8. The number of fused-ring (bicyclic) bond motifs is 1. The monoisotopic (exact) mass is 509 g/mol. The van der Waals surface area contributed by atoms with Crippen molar-refractivity contribution in [2.75, 3.05) is 45.2 Å². The van der Waals surface area contributed by atoms with Crippen LogP contribution >= 0.6 is 0 Å². The van der Waals surface area contributed by atoms with Gasteiger partial charge in [-0.1, -0.05) is 44.2 Å². The summed E-state index contributed by atoms with van der Waals surface area (Å²) in [6.45, 7) is 10.3. The largest absolute Gasteiger partial charge is 0.462 e. The number of anilines is 1. The average Bonchev–Trinajstić information content (AvgIpc) is 3.31. The van der Waals surface area contributed by atoms with Gasteiger partial charge in [0.25, 0.3) is 5.91 Å². The van der Waals surface area contributed by atoms with Gasteiger partial charge in [-0.2, -0.15) is 0 Å². The lowest BCUT2D eigenvalue weighted by Gasteiger charge is -2.31. The molecular formula is C28H39N5O4. The predicted molar refractivity (Wildman–Crippen MR) is 144 cm³/mol. The molecule has 0 aliphatic carbocycles. The summed E-state index contributed by atoms with van der Waals surface area (Å²) in [6, 6.07) is 13.6. The Balaban J connectivity index is 1.64. The Hall–Kier alpha value is -3.43. The summed E-state index contributed by atoms with van der Waals surface area (Å²) in [6.07, 6.45) is 0. The first-order valence-electron chi connectivity index (χ1n) is 12.8. The van der Waals surface area contributed by atoms with Crippen LogP contribution in [0.5, 0.6) is 0 Å². The summed E-state index contributed by atoms with van der Waals surface area (Å²) in [5.41, 5.74) is 4.42. The van der Waals surface area contributed by atoms with E-state index < -0.39 is 5.97 Å². The number of hydrazine groups is 1. The summed E-state index contributed by atoms with van der Waals surface area (Å²) in [4.78, 5) is 40.1. The summed E-state index contributed by atoms with van der Waals surface area (Å²) in [5.74, 6) is -0.750. The second-order valence-corrected chi connectivity index (χ2v) is 9.54. The summed E-state index contributed by atoms with van der Waals surface area (Å²) >= 11 is 0. The number of likely N-dealkylation sites (N-methyl/N-ethyl adjacent to an activating group) is 1. The predicted octanol–water partition coefficient (Wildman–Crippen LogP) is 2.80. The quantitative estimate of drug-likeness (QED) is 0.425. The number of rotatable bonds is 12. The van der Waals surface area contributed by atoms with Gasteiger partial charge in [0.1, 0.15) is 6.54 Å². The molecule has 0 atom stereocenters. The third-order valence-electron chi connectivity index (χ3n) is 6.40. The molecule has 0 saturated heterocycles. The number of amides is 2. The van der Waals surface area contributed by atoms with Crippen molar-refractivity contribution in [2.45, 2.75) is 46.8 Å². The van der Waals surface area contributed by atoms with Gasteiger partial charge in [-0.05, 0) is 42.7 Å². The van der Waals surface area contributed by atoms with Crippen molar-refractivity contribution in [1.82, 2.24) is 20.2 Å². The molecule has 0 aromatic heterocycles. The minimum absolute atomic E-state index is 0.000940. The molecule has 9 nitrogen and oxygen atoms in total. The Morgan fingerprint density at radius 1 is 1.05 bits per heavy atom. The van der Waals surface area contributed by atoms with E-state index in [0.29, 0.717) is 44.0 Å². The van der Waals surface area contributed by atoms with E-state index in [0.717, 1.165) is 5.56 Å². The van der Waals surface area contributed by atoms with E-state index in [1.807, 2.05) is 44.0 Å². The molecule has 0 bridgehead atoms. The SMILES string of the molecule is CCOC(=O)c1ccc(C)c(NCC(=O)N(CCNC(C)C)CC(=O)N(C)N2Cc3ccccc3C2)c1. The first-order chi connectivity index (χ1) is 17.7. The van der Waals surface area contributed by atoms with Crippen LogP contribution < -0.4 is 10.6 Å². The molecule has 2 aromatic rings. The second-order valence-electron chi connectivity index (χ2n) is 9.54. The Morgan fingerprint density at radius 3 is 2.35 bits per heavy atom. The fraction of sp³-hybridized carbons (Fsp3) is 0.464. The second kappa shape index (κ2) is 13.2. The van der Waals surface area contributed by atoms with Crippen LogP contribution in [0.1, 0.15) is 47.8 Å². The standard InChI is InChI=1S/C28H39N5O4/c1-6-37-28(36)22-12-11-21(4)25(15-22)30-16-26(34)32(14-13-29-20(2)3)19-27(35)31(5)33-17-23-9-7-8-10-24(23)18-33/h7-12,15,20,29-30H,6,13-14,16-19H2,1-5H3. The van der Waals surface area contributed by atoms with Crippen LogP contribution in [0.25, 0.3) is 0 Å². The molecule has 1 heterocycles. The molecular weight excluding hydrogens is 470 g/mol. The third-order valence-corrected chi connectivity index (χ3v) is 6.40. The number of hydrogen-bond acceptors (Lipinski definition) is 7. The molecule has 1 aliphatic heterocycles. The molecule has 9 heteroatoms. The van der Waals surface area contributed by atoms with Crippen molar-refractivity contribution in [3.63, 3.8) is 0 Å². The third kappa shape index (κ3) is 7.77. The normalized spacial score (nSPS) is 12.8. The van der Waals surface area contributed by atoms with Crippen LogP contribution in [0.3, 0.4) is 0 Å². The molecule has 0 fully saturated rings. The number of ether oxygens (including phenoxy) is 1. The number of esters is 1. The van der Waals surface area contributed by atoms with Gasteiger partial charge in [-0.15, -0.1) is 0 Å². The van der Waals surface area contributed by atoms with E-state index in [1.165, 1.54) is 11.1 Å². The molecule has 200 valence electrons. The maximum Gasteiger partial charge on any atom is 0.338 e. The van der Waals surface area contributed by atoms with E-state index in [-0.39, 0.29) is 30.9 Å². The highest BCUT2D eigenvalue weighted by Crippen LogP contribution is 2.23. The van der Waals surface area contributed by atoms with Gasteiger partial charge in [0, 0.05) is 45.0 Å². The molecule has 1 aliphatic rings. The lowest BCUT2D eigenvalue weighted by atomic mass is 10.1. The van der Waals surface area contributed by atoms with Gasteiger partial charge in [0.2, 0.25) is 5.91 Å². The van der Waals surface area contributed by atoms with Gasteiger partial charge < -0.3 is 20.3 Å². The Kier molecular flexibility index (Phi) is 10.0. The molecule has 0 spiro atoms. The highest BCUT2D eigenvalue weighted by molar-refractivity contribution is 5.91. The van der Waals surface area contributed by atoms with Crippen molar-refractivity contribution < 1.29 is 19.1 Å². The van der Waals surface area contributed by atoms with Crippen molar-refractivity contribution in [3.05, 3.63) is 64.7 Å². The number of carbonyl (C=O) groups is 3. The van der Waals surface area contributed by atoms with Crippen LogP contribution in [-0.2, 0) is 27.4 Å². The number of hydrogen-bond donors (Lipinski definition) is 2. The number of aryl methyl sites for hydroxylation is 1. The maximum absolute atomic E-state index is 13.2. The molecule has 37 heavy (non-hydrogen) atoms. The van der Waals surface area contributed by atoms with Crippen LogP contribution in [0, 0.1) is 6.92 Å². The highest BCUT2D eigenvalue weighted by atomic mass is 16.5. The molecule has 2 aromatic carbocycles. The van der Waals surface area contributed by atoms with Crippen LogP contribution in [0.4, 0.5) is 5.69 Å². The van der Waals surface area contributed by atoms with Gasteiger partial charge in [0.05, 0.1) is 18.7 Å². The van der Waals surface area contributed by atoms with Crippen LogP contribution in [0.15, 0.2) is 42.5 Å².